The van der Waals surface area contributed by atoms with E-state index in [1.165, 1.54) is 12.1 Å². The van der Waals surface area contributed by atoms with E-state index in [1.54, 1.807) is 12.4 Å². The standard InChI is InChI=1S/C18H12ClF3N4.ClH.H2O/c1-9-6-15(16-13(25-9)4-5-14-17(16)24-8-23-14)26-10-2-3-12(19)11(7-10)18(20,21)22;;/h2-8H,1H3,(H,23,24)(H,25,26);1H;1H2. The van der Waals surface area contributed by atoms with Gasteiger partial charge in [-0.15, -0.1) is 12.4 Å². The van der Waals surface area contributed by atoms with Gasteiger partial charge in [-0.3, -0.25) is 4.98 Å². The van der Waals surface area contributed by atoms with Gasteiger partial charge in [0.15, 0.2) is 0 Å². The van der Waals surface area contributed by atoms with Crippen LogP contribution in [0, 0.1) is 6.92 Å². The highest BCUT2D eigenvalue weighted by molar-refractivity contribution is 6.31. The van der Waals surface area contributed by atoms with Crippen LogP contribution in [0.5, 0.6) is 0 Å². The zero-order chi connectivity index (χ0) is 18.5. The topological polar surface area (TPSA) is 85.1 Å². The predicted octanol–water partition coefficient (Wildman–Crippen LogP) is 5.43. The Morgan fingerprint density at radius 1 is 1.07 bits per heavy atom. The van der Waals surface area contributed by atoms with Crippen LogP contribution in [-0.2, 0) is 6.18 Å². The number of benzene rings is 2. The van der Waals surface area contributed by atoms with Crippen LogP contribution in [0.4, 0.5) is 24.5 Å². The summed E-state index contributed by atoms with van der Waals surface area (Å²) < 4.78 is 39.3. The molecule has 0 bridgehead atoms. The molecule has 0 spiro atoms. The number of H-pyrrole nitrogens is 1. The molecule has 2 heterocycles. The van der Waals surface area contributed by atoms with Gasteiger partial charge in [-0.25, -0.2) is 4.98 Å². The fraction of sp³-hybridized carbons (Fsp3) is 0.111. The largest absolute Gasteiger partial charge is 0.417 e. The lowest BCUT2D eigenvalue weighted by molar-refractivity contribution is -0.137. The maximum absolute atomic E-state index is 13.1. The second kappa shape index (κ2) is 7.83. The maximum atomic E-state index is 13.1. The summed E-state index contributed by atoms with van der Waals surface area (Å²) in [4.78, 5) is 11.8. The van der Waals surface area contributed by atoms with Crippen molar-refractivity contribution in [3.05, 3.63) is 59.0 Å². The number of fused-ring (bicyclic) bond motifs is 3. The van der Waals surface area contributed by atoms with Crippen LogP contribution in [0.25, 0.3) is 21.9 Å². The second-order valence-corrected chi connectivity index (χ2v) is 6.29. The van der Waals surface area contributed by atoms with E-state index in [9.17, 15) is 13.2 Å². The van der Waals surface area contributed by atoms with Crippen LogP contribution >= 0.6 is 24.0 Å². The summed E-state index contributed by atoms with van der Waals surface area (Å²) in [6.07, 6.45) is -2.96. The molecule has 0 saturated heterocycles. The molecule has 0 aliphatic rings. The molecule has 148 valence electrons. The Bertz CT molecular complexity index is 1150. The molecule has 0 unspecified atom stereocenters. The summed E-state index contributed by atoms with van der Waals surface area (Å²) in [7, 11) is 0. The molecular formula is C18H15Cl2F3N4O. The van der Waals surface area contributed by atoms with Gasteiger partial charge in [0.05, 0.1) is 39.2 Å². The number of hydrogen-bond donors (Lipinski definition) is 2. The molecule has 0 saturated carbocycles. The molecular weight excluding hydrogens is 416 g/mol. The highest BCUT2D eigenvalue weighted by atomic mass is 35.5. The Morgan fingerprint density at radius 3 is 2.50 bits per heavy atom. The van der Waals surface area contributed by atoms with Crippen LogP contribution in [0.15, 0.2) is 42.7 Å². The number of nitrogens with one attached hydrogen (secondary N) is 2. The minimum Gasteiger partial charge on any atom is -0.412 e. The molecule has 10 heteroatoms. The lowest BCUT2D eigenvalue weighted by Gasteiger charge is -2.14. The molecule has 4 rings (SSSR count). The average molecular weight is 431 g/mol. The van der Waals surface area contributed by atoms with Gasteiger partial charge in [-0.2, -0.15) is 13.2 Å². The van der Waals surface area contributed by atoms with Gasteiger partial charge in [-0.1, -0.05) is 11.6 Å². The lowest BCUT2D eigenvalue weighted by Crippen LogP contribution is -2.06. The number of alkyl halides is 3. The summed E-state index contributed by atoms with van der Waals surface area (Å²) in [5.41, 5.74) is 3.01. The number of hydrogen-bond acceptors (Lipinski definition) is 3. The Kier molecular flexibility index (Phi) is 6.08. The summed E-state index contributed by atoms with van der Waals surface area (Å²) in [6.45, 7) is 1.82. The molecule has 5 nitrogen and oxygen atoms in total. The number of rotatable bonds is 2. The van der Waals surface area contributed by atoms with Crippen molar-refractivity contribution < 1.29 is 18.6 Å². The Balaban J connectivity index is 0.00000140. The fourth-order valence-electron chi connectivity index (χ4n) is 2.94. The average Bonchev–Trinajstić information content (AvgIpc) is 3.03. The minimum absolute atomic E-state index is 0. The number of pyridine rings is 1. The first kappa shape index (κ1) is 21.7. The number of anilines is 2. The van der Waals surface area contributed by atoms with Gasteiger partial charge < -0.3 is 15.8 Å². The van der Waals surface area contributed by atoms with Crippen LogP contribution in [0.3, 0.4) is 0 Å². The summed E-state index contributed by atoms with van der Waals surface area (Å²) >= 11 is 5.70. The predicted molar refractivity (Wildman–Crippen MR) is 107 cm³/mol. The number of nitrogens with zero attached hydrogens (tertiary/aromatic N) is 2. The van der Waals surface area contributed by atoms with Crippen LogP contribution in [0.1, 0.15) is 11.3 Å². The normalized spacial score (nSPS) is 11.2. The van der Waals surface area contributed by atoms with Crippen molar-refractivity contribution in [2.24, 2.45) is 0 Å². The number of aryl methyl sites for hydroxylation is 1. The summed E-state index contributed by atoms with van der Waals surface area (Å²) in [5, 5.41) is 3.48. The Hall–Kier alpha value is -2.55. The van der Waals surface area contributed by atoms with E-state index in [0.29, 0.717) is 11.2 Å². The molecule has 4 N–H and O–H groups in total. The van der Waals surface area contributed by atoms with Crippen molar-refractivity contribution in [3.8, 4) is 0 Å². The molecule has 4 aromatic rings. The fourth-order valence-corrected chi connectivity index (χ4v) is 3.17. The summed E-state index contributed by atoms with van der Waals surface area (Å²) in [5.74, 6) is 0. The highest BCUT2D eigenvalue weighted by Gasteiger charge is 2.33. The zero-order valence-corrected chi connectivity index (χ0v) is 15.9. The number of imidazole rings is 1. The van der Waals surface area contributed by atoms with Gasteiger partial charge in [0.25, 0.3) is 0 Å². The molecule has 0 radical (unpaired) electrons. The molecule has 0 fully saturated rings. The third kappa shape index (κ3) is 3.84. The number of halogens is 5. The van der Waals surface area contributed by atoms with Crippen molar-refractivity contribution in [3.63, 3.8) is 0 Å². The van der Waals surface area contributed by atoms with Gasteiger partial charge in [-0.05, 0) is 43.3 Å². The van der Waals surface area contributed by atoms with E-state index >= 15 is 0 Å². The molecule has 28 heavy (non-hydrogen) atoms. The van der Waals surface area contributed by atoms with E-state index in [4.69, 9.17) is 11.6 Å². The van der Waals surface area contributed by atoms with E-state index in [1.807, 2.05) is 19.1 Å². The van der Waals surface area contributed by atoms with Gasteiger partial charge >= 0.3 is 6.18 Å². The van der Waals surface area contributed by atoms with Crippen molar-refractivity contribution in [2.45, 2.75) is 13.1 Å². The van der Waals surface area contributed by atoms with E-state index in [0.717, 1.165) is 28.2 Å². The maximum Gasteiger partial charge on any atom is 0.417 e. The highest BCUT2D eigenvalue weighted by Crippen LogP contribution is 2.38. The van der Waals surface area contributed by atoms with Crippen LogP contribution in [0.2, 0.25) is 5.02 Å². The second-order valence-electron chi connectivity index (χ2n) is 5.88. The molecule has 0 amide bonds. The third-order valence-electron chi connectivity index (χ3n) is 4.04. The zero-order valence-electron chi connectivity index (χ0n) is 14.4. The van der Waals surface area contributed by atoms with Gasteiger partial charge in [0.1, 0.15) is 0 Å². The smallest absolute Gasteiger partial charge is 0.412 e. The van der Waals surface area contributed by atoms with E-state index in [2.05, 4.69) is 20.3 Å². The number of aromatic amines is 1. The van der Waals surface area contributed by atoms with Crippen molar-refractivity contribution >= 4 is 57.3 Å². The lowest BCUT2D eigenvalue weighted by atomic mass is 10.1. The first-order chi connectivity index (χ1) is 12.3. The number of aromatic nitrogens is 3. The van der Waals surface area contributed by atoms with Crippen molar-refractivity contribution in [2.75, 3.05) is 5.32 Å². The Morgan fingerprint density at radius 2 is 1.79 bits per heavy atom. The van der Waals surface area contributed by atoms with Crippen LogP contribution in [-0.4, -0.2) is 20.4 Å². The SMILES string of the molecule is Cc1cc(Nc2ccc(Cl)c(C(F)(F)F)c2)c2c(ccc3nc[nH]c32)n1.Cl.O. The van der Waals surface area contributed by atoms with Crippen molar-refractivity contribution in [1.82, 2.24) is 15.0 Å². The minimum atomic E-state index is -4.53. The molecule has 0 aliphatic carbocycles. The summed E-state index contributed by atoms with van der Waals surface area (Å²) in [6, 6.07) is 9.19. The van der Waals surface area contributed by atoms with Gasteiger partial charge in [0.2, 0.25) is 0 Å². The molecule has 2 aromatic carbocycles. The molecule has 2 aromatic heterocycles. The monoisotopic (exact) mass is 430 g/mol. The first-order valence-electron chi connectivity index (χ1n) is 7.70. The van der Waals surface area contributed by atoms with E-state index < -0.39 is 11.7 Å². The van der Waals surface area contributed by atoms with Crippen molar-refractivity contribution in [1.29, 1.82) is 0 Å². The third-order valence-corrected chi connectivity index (χ3v) is 4.37. The van der Waals surface area contributed by atoms with E-state index in [-0.39, 0.29) is 28.6 Å². The molecule has 0 atom stereocenters. The van der Waals surface area contributed by atoms with Crippen LogP contribution < -0.4 is 5.32 Å². The quantitative estimate of drug-likeness (QED) is 0.444. The van der Waals surface area contributed by atoms with Gasteiger partial charge in [0, 0.05) is 16.8 Å². The molecule has 0 aliphatic heterocycles. The Labute approximate surface area is 168 Å². The first-order valence-corrected chi connectivity index (χ1v) is 8.08.